The molecule has 2 saturated heterocycles. The van der Waals surface area contributed by atoms with E-state index in [0.29, 0.717) is 43.1 Å². The van der Waals surface area contributed by atoms with Crippen molar-refractivity contribution in [1.82, 2.24) is 4.90 Å². The van der Waals surface area contributed by atoms with E-state index in [1.807, 2.05) is 11.8 Å². The summed E-state index contributed by atoms with van der Waals surface area (Å²) in [5, 5.41) is 0. The van der Waals surface area contributed by atoms with Gasteiger partial charge in [0.1, 0.15) is 11.9 Å². The van der Waals surface area contributed by atoms with E-state index in [0.717, 1.165) is 5.56 Å². The summed E-state index contributed by atoms with van der Waals surface area (Å²) < 4.78 is 25.1. The van der Waals surface area contributed by atoms with Gasteiger partial charge in [-0.1, -0.05) is 17.7 Å². The minimum Gasteiger partial charge on any atom is -0.452 e. The zero-order valence-electron chi connectivity index (χ0n) is 18.9. The van der Waals surface area contributed by atoms with Gasteiger partial charge < -0.3 is 25.0 Å². The number of hydrogen-bond donors (Lipinski definition) is 1. The number of carbonyl (C=O) groups excluding carboxylic acids is 3. The van der Waals surface area contributed by atoms with Crippen molar-refractivity contribution in [3.8, 4) is 0 Å². The molecule has 2 fully saturated rings. The second-order valence-corrected chi connectivity index (χ2v) is 8.30. The number of piperazine rings is 1. The van der Waals surface area contributed by atoms with Crippen molar-refractivity contribution in [3.05, 3.63) is 59.4 Å². The second-order valence-electron chi connectivity index (χ2n) is 8.30. The average Bonchev–Trinajstić information content (AvgIpc) is 3.23. The van der Waals surface area contributed by atoms with E-state index >= 15 is 0 Å². The molecule has 2 aliphatic rings. The highest BCUT2D eigenvalue weighted by Gasteiger charge is 2.32. The van der Waals surface area contributed by atoms with Crippen LogP contribution in [0.25, 0.3) is 0 Å². The molecule has 9 nitrogen and oxygen atoms in total. The Morgan fingerprint density at radius 1 is 1.12 bits per heavy atom. The van der Waals surface area contributed by atoms with Gasteiger partial charge in [-0.2, -0.15) is 0 Å². The number of nitrogens with zero attached hydrogens (tertiary/aromatic N) is 3. The van der Waals surface area contributed by atoms with Gasteiger partial charge in [0.05, 0.1) is 23.5 Å². The van der Waals surface area contributed by atoms with Crippen LogP contribution in [0.1, 0.15) is 15.9 Å². The summed E-state index contributed by atoms with van der Waals surface area (Å²) in [5.74, 6) is -1.31. The maximum absolute atomic E-state index is 14.9. The van der Waals surface area contributed by atoms with Crippen molar-refractivity contribution in [2.24, 2.45) is 5.73 Å². The van der Waals surface area contributed by atoms with Crippen molar-refractivity contribution in [1.29, 1.82) is 0 Å². The van der Waals surface area contributed by atoms with Crippen LogP contribution in [-0.4, -0.2) is 74.8 Å². The summed E-state index contributed by atoms with van der Waals surface area (Å²) >= 11 is 0. The molecule has 0 spiro atoms. The number of ether oxygens (including phenoxy) is 2. The first-order valence-electron chi connectivity index (χ1n) is 11.1. The Bertz CT molecular complexity index is 1070. The van der Waals surface area contributed by atoms with Gasteiger partial charge in [0.2, 0.25) is 0 Å². The van der Waals surface area contributed by atoms with Gasteiger partial charge in [0, 0.05) is 32.7 Å². The number of esters is 1. The van der Waals surface area contributed by atoms with E-state index in [1.54, 1.807) is 41.3 Å². The first-order valence-corrected chi connectivity index (χ1v) is 11.1. The molecule has 1 unspecified atom stereocenters. The molecule has 0 saturated carbocycles. The van der Waals surface area contributed by atoms with Crippen LogP contribution in [0.2, 0.25) is 0 Å². The van der Waals surface area contributed by atoms with Crippen LogP contribution < -0.4 is 15.5 Å². The lowest BCUT2D eigenvalue weighted by atomic mass is 10.1. The Morgan fingerprint density at radius 2 is 1.82 bits per heavy atom. The summed E-state index contributed by atoms with van der Waals surface area (Å²) in [6, 6.07) is 11.5. The quantitative estimate of drug-likeness (QED) is 0.643. The molecule has 0 aliphatic carbocycles. The van der Waals surface area contributed by atoms with Crippen LogP contribution in [-0.2, 0) is 14.3 Å². The Kier molecular flexibility index (Phi) is 6.97. The smallest absolute Gasteiger partial charge is 0.414 e. The number of amides is 2. The molecule has 2 aromatic carbocycles. The van der Waals surface area contributed by atoms with Gasteiger partial charge in [-0.3, -0.25) is 9.69 Å². The summed E-state index contributed by atoms with van der Waals surface area (Å²) in [6.45, 7) is 3.66. The van der Waals surface area contributed by atoms with Gasteiger partial charge in [-0.05, 0) is 37.3 Å². The predicted octanol–water partition coefficient (Wildman–Crippen LogP) is 1.92. The van der Waals surface area contributed by atoms with Gasteiger partial charge in [-0.15, -0.1) is 0 Å². The Morgan fingerprint density at radius 3 is 2.44 bits per heavy atom. The second kappa shape index (κ2) is 10.1. The maximum Gasteiger partial charge on any atom is 0.414 e. The third-order valence-corrected chi connectivity index (χ3v) is 5.97. The number of benzene rings is 2. The monoisotopic (exact) mass is 470 g/mol. The number of rotatable bonds is 6. The molecule has 4 rings (SSSR count). The standard InChI is InChI=1S/C24H27FN4O5/c1-16-2-4-17(5-3-16)23(31)33-15-22(30)28-10-8-27(9-11-28)21-7-6-18(12-20(21)25)29-14-19(13-26)34-24(29)32/h2-7,12,19H,8-11,13-15,26H2,1H3. The summed E-state index contributed by atoms with van der Waals surface area (Å²) in [4.78, 5) is 41.4. The summed E-state index contributed by atoms with van der Waals surface area (Å²) in [5.41, 5.74) is 7.77. The zero-order valence-corrected chi connectivity index (χ0v) is 18.9. The predicted molar refractivity (Wildman–Crippen MR) is 123 cm³/mol. The van der Waals surface area contributed by atoms with Crippen molar-refractivity contribution in [3.63, 3.8) is 0 Å². The minimum atomic E-state index is -0.547. The van der Waals surface area contributed by atoms with E-state index in [4.69, 9.17) is 15.2 Å². The van der Waals surface area contributed by atoms with E-state index in [-0.39, 0.29) is 25.6 Å². The highest BCUT2D eigenvalue weighted by atomic mass is 19.1. The van der Waals surface area contributed by atoms with Gasteiger partial charge in [-0.25, -0.2) is 14.0 Å². The number of aryl methyl sites for hydroxylation is 1. The zero-order chi connectivity index (χ0) is 24.2. The fraction of sp³-hybridized carbons (Fsp3) is 0.375. The molecule has 0 aromatic heterocycles. The topological polar surface area (TPSA) is 105 Å². The lowest BCUT2D eigenvalue weighted by molar-refractivity contribution is -0.134. The summed E-state index contributed by atoms with van der Waals surface area (Å²) in [7, 11) is 0. The normalized spacial score (nSPS) is 18.1. The van der Waals surface area contributed by atoms with E-state index in [2.05, 4.69) is 0 Å². The number of halogens is 1. The highest BCUT2D eigenvalue weighted by Crippen LogP contribution is 2.28. The van der Waals surface area contributed by atoms with E-state index < -0.39 is 24.0 Å². The van der Waals surface area contributed by atoms with Gasteiger partial charge in [0.15, 0.2) is 6.61 Å². The largest absolute Gasteiger partial charge is 0.452 e. The molecule has 2 heterocycles. The molecular formula is C24H27FN4O5. The van der Waals surface area contributed by atoms with Crippen LogP contribution in [0.15, 0.2) is 42.5 Å². The molecule has 34 heavy (non-hydrogen) atoms. The van der Waals surface area contributed by atoms with Crippen molar-refractivity contribution < 1.29 is 28.2 Å². The van der Waals surface area contributed by atoms with Crippen molar-refractivity contribution in [2.75, 3.05) is 55.7 Å². The molecule has 2 amide bonds. The molecular weight excluding hydrogens is 443 g/mol. The fourth-order valence-corrected chi connectivity index (χ4v) is 3.96. The third kappa shape index (κ3) is 5.12. The van der Waals surface area contributed by atoms with Crippen molar-refractivity contribution >= 4 is 29.3 Å². The molecule has 1 atom stereocenters. The first kappa shape index (κ1) is 23.5. The van der Waals surface area contributed by atoms with Gasteiger partial charge >= 0.3 is 12.1 Å². The number of nitrogens with two attached hydrogens (primary N) is 1. The molecule has 2 aromatic rings. The van der Waals surface area contributed by atoms with Crippen molar-refractivity contribution in [2.45, 2.75) is 13.0 Å². The minimum absolute atomic E-state index is 0.205. The Labute approximate surface area is 196 Å². The maximum atomic E-state index is 14.9. The lowest BCUT2D eigenvalue weighted by Crippen LogP contribution is -2.50. The SMILES string of the molecule is Cc1ccc(C(=O)OCC(=O)N2CCN(c3ccc(N4CC(CN)OC4=O)cc3F)CC2)cc1. The lowest BCUT2D eigenvalue weighted by Gasteiger charge is -2.36. The number of anilines is 2. The molecule has 0 radical (unpaired) electrons. The number of carbonyl (C=O) groups is 3. The molecule has 0 bridgehead atoms. The molecule has 2 aliphatic heterocycles. The van der Waals surface area contributed by atoms with E-state index in [1.165, 1.54) is 11.0 Å². The summed E-state index contributed by atoms with van der Waals surface area (Å²) in [6.07, 6.45) is -0.949. The van der Waals surface area contributed by atoms with Crippen LogP contribution in [0.4, 0.5) is 20.6 Å². The van der Waals surface area contributed by atoms with E-state index in [9.17, 15) is 18.8 Å². The highest BCUT2D eigenvalue weighted by molar-refractivity contribution is 5.91. The van der Waals surface area contributed by atoms with Crippen LogP contribution >= 0.6 is 0 Å². The first-order chi connectivity index (χ1) is 16.4. The van der Waals surface area contributed by atoms with Crippen LogP contribution in [0.5, 0.6) is 0 Å². The molecule has 2 N–H and O–H groups in total. The molecule has 10 heteroatoms. The Balaban J connectivity index is 1.29. The fourth-order valence-electron chi connectivity index (χ4n) is 3.96. The number of cyclic esters (lactones) is 1. The Hall–Kier alpha value is -3.66. The number of hydrogen-bond acceptors (Lipinski definition) is 7. The third-order valence-electron chi connectivity index (χ3n) is 5.97. The van der Waals surface area contributed by atoms with Gasteiger partial charge in [0.25, 0.3) is 5.91 Å². The van der Waals surface area contributed by atoms with Crippen LogP contribution in [0.3, 0.4) is 0 Å². The van der Waals surface area contributed by atoms with Crippen LogP contribution in [0, 0.1) is 12.7 Å². The molecule has 180 valence electrons. The average molecular weight is 471 g/mol.